The van der Waals surface area contributed by atoms with Crippen LogP contribution in [-0.4, -0.2) is 0 Å². The molecule has 0 saturated heterocycles. The molecular formula is C15H21NO. The van der Waals surface area contributed by atoms with Crippen LogP contribution in [0.1, 0.15) is 56.9 Å². The second-order valence-corrected chi connectivity index (χ2v) is 5.00. The summed E-state index contributed by atoms with van der Waals surface area (Å²) in [5.74, 6) is 1.45. The quantitative estimate of drug-likeness (QED) is 0.849. The fourth-order valence-corrected chi connectivity index (χ4v) is 2.08. The summed E-state index contributed by atoms with van der Waals surface area (Å²) in [5, 5.41) is 1.16. The highest BCUT2D eigenvalue weighted by atomic mass is 16.3. The topological polar surface area (TPSA) is 39.2 Å². The van der Waals surface area contributed by atoms with Crippen molar-refractivity contribution < 1.29 is 4.42 Å². The van der Waals surface area contributed by atoms with Gasteiger partial charge in [-0.05, 0) is 36.1 Å². The molecular weight excluding hydrogens is 210 g/mol. The number of nitrogens with two attached hydrogens (primary N) is 1. The van der Waals surface area contributed by atoms with Crippen molar-refractivity contribution in [1.82, 2.24) is 0 Å². The molecule has 0 bridgehead atoms. The number of fused-ring (bicyclic) bond motifs is 1. The minimum absolute atomic E-state index is 0.0231. The van der Waals surface area contributed by atoms with Crippen LogP contribution in [0.4, 0.5) is 0 Å². The molecule has 1 heterocycles. The Kier molecular flexibility index (Phi) is 3.53. The fraction of sp³-hybridized carbons (Fsp3) is 0.467. The van der Waals surface area contributed by atoms with E-state index in [9.17, 15) is 0 Å². The lowest BCUT2D eigenvalue weighted by Crippen LogP contribution is -2.08. The van der Waals surface area contributed by atoms with Crippen molar-refractivity contribution >= 4 is 11.0 Å². The van der Waals surface area contributed by atoms with Gasteiger partial charge in [-0.1, -0.05) is 33.3 Å². The average Bonchev–Trinajstić information content (AvgIpc) is 2.71. The highest BCUT2D eigenvalue weighted by Gasteiger charge is 2.11. The van der Waals surface area contributed by atoms with Gasteiger partial charge >= 0.3 is 0 Å². The summed E-state index contributed by atoms with van der Waals surface area (Å²) < 4.78 is 5.79. The zero-order valence-electron chi connectivity index (χ0n) is 10.9. The molecule has 0 aliphatic heterocycles. The Morgan fingerprint density at radius 3 is 2.65 bits per heavy atom. The molecule has 92 valence electrons. The molecule has 2 aromatic rings. The first-order valence-electron chi connectivity index (χ1n) is 6.40. The van der Waals surface area contributed by atoms with E-state index >= 15 is 0 Å². The normalized spacial score (nSPS) is 13.5. The SMILES string of the molecule is CCCC(N)c1cc2cc(C(C)C)ccc2o1. The first-order chi connectivity index (χ1) is 8.11. The molecule has 2 heteroatoms. The van der Waals surface area contributed by atoms with Gasteiger partial charge in [-0.25, -0.2) is 0 Å². The van der Waals surface area contributed by atoms with E-state index in [1.54, 1.807) is 0 Å². The molecule has 0 aliphatic carbocycles. The van der Waals surface area contributed by atoms with E-state index in [2.05, 4.69) is 39.0 Å². The van der Waals surface area contributed by atoms with Crippen molar-refractivity contribution in [3.8, 4) is 0 Å². The summed E-state index contributed by atoms with van der Waals surface area (Å²) in [7, 11) is 0. The maximum atomic E-state index is 6.07. The van der Waals surface area contributed by atoms with Gasteiger partial charge in [-0.15, -0.1) is 0 Å². The second-order valence-electron chi connectivity index (χ2n) is 5.00. The Labute approximate surface area is 103 Å². The molecule has 2 N–H and O–H groups in total. The maximum Gasteiger partial charge on any atom is 0.134 e. The van der Waals surface area contributed by atoms with Gasteiger partial charge in [0.2, 0.25) is 0 Å². The number of hydrogen-bond donors (Lipinski definition) is 1. The standard InChI is InChI=1S/C15H21NO/c1-4-5-13(16)15-9-12-8-11(10(2)3)6-7-14(12)17-15/h6-10,13H,4-5,16H2,1-3H3. The largest absolute Gasteiger partial charge is 0.459 e. The molecule has 1 unspecified atom stereocenters. The molecule has 0 radical (unpaired) electrons. The Morgan fingerprint density at radius 2 is 2.00 bits per heavy atom. The molecule has 17 heavy (non-hydrogen) atoms. The van der Waals surface area contributed by atoms with Crippen molar-refractivity contribution in [2.24, 2.45) is 5.73 Å². The van der Waals surface area contributed by atoms with Gasteiger partial charge in [-0.2, -0.15) is 0 Å². The molecule has 0 saturated carbocycles. The van der Waals surface area contributed by atoms with Crippen LogP contribution in [-0.2, 0) is 0 Å². The number of benzene rings is 1. The van der Waals surface area contributed by atoms with Crippen LogP contribution in [0.25, 0.3) is 11.0 Å². The summed E-state index contributed by atoms with van der Waals surface area (Å²) in [6.45, 7) is 6.54. The summed E-state index contributed by atoms with van der Waals surface area (Å²) in [6, 6.07) is 8.49. The Balaban J connectivity index is 2.36. The smallest absolute Gasteiger partial charge is 0.134 e. The highest BCUT2D eigenvalue weighted by molar-refractivity contribution is 5.79. The predicted octanol–water partition coefficient (Wildman–Crippen LogP) is 4.36. The first-order valence-corrected chi connectivity index (χ1v) is 6.40. The Morgan fingerprint density at radius 1 is 1.24 bits per heavy atom. The number of furan rings is 1. The zero-order chi connectivity index (χ0) is 12.4. The van der Waals surface area contributed by atoms with E-state index < -0.39 is 0 Å². The summed E-state index contributed by atoms with van der Waals surface area (Å²) in [5.41, 5.74) is 8.36. The second kappa shape index (κ2) is 4.92. The Bertz CT molecular complexity index is 499. The van der Waals surface area contributed by atoms with Crippen LogP contribution in [0.3, 0.4) is 0 Å². The fourth-order valence-electron chi connectivity index (χ4n) is 2.08. The minimum Gasteiger partial charge on any atom is -0.459 e. The molecule has 1 atom stereocenters. The van der Waals surface area contributed by atoms with Gasteiger partial charge in [-0.3, -0.25) is 0 Å². The molecule has 0 fully saturated rings. The van der Waals surface area contributed by atoms with E-state index in [-0.39, 0.29) is 6.04 Å². The van der Waals surface area contributed by atoms with Crippen LogP contribution in [0.5, 0.6) is 0 Å². The van der Waals surface area contributed by atoms with Gasteiger partial charge in [0.1, 0.15) is 11.3 Å². The van der Waals surface area contributed by atoms with E-state index in [1.165, 1.54) is 5.56 Å². The minimum atomic E-state index is 0.0231. The van der Waals surface area contributed by atoms with Gasteiger partial charge in [0.25, 0.3) is 0 Å². The molecule has 2 nitrogen and oxygen atoms in total. The number of rotatable bonds is 4. The van der Waals surface area contributed by atoms with Gasteiger partial charge in [0.05, 0.1) is 6.04 Å². The van der Waals surface area contributed by atoms with Crippen molar-refractivity contribution in [2.75, 3.05) is 0 Å². The van der Waals surface area contributed by atoms with Crippen LogP contribution >= 0.6 is 0 Å². The molecule has 1 aromatic heterocycles. The van der Waals surface area contributed by atoms with E-state index in [0.29, 0.717) is 5.92 Å². The molecule has 0 amide bonds. The first kappa shape index (κ1) is 12.2. The molecule has 0 spiro atoms. The summed E-state index contributed by atoms with van der Waals surface area (Å²) in [6.07, 6.45) is 2.05. The third kappa shape index (κ3) is 2.52. The van der Waals surface area contributed by atoms with Crippen LogP contribution in [0, 0.1) is 0 Å². The van der Waals surface area contributed by atoms with E-state index in [4.69, 9.17) is 10.2 Å². The third-order valence-corrected chi connectivity index (χ3v) is 3.19. The summed E-state index contributed by atoms with van der Waals surface area (Å²) >= 11 is 0. The lowest BCUT2D eigenvalue weighted by Gasteiger charge is -2.04. The third-order valence-electron chi connectivity index (χ3n) is 3.19. The van der Waals surface area contributed by atoms with Crippen LogP contribution in [0.2, 0.25) is 0 Å². The lowest BCUT2D eigenvalue weighted by molar-refractivity contribution is 0.475. The zero-order valence-corrected chi connectivity index (χ0v) is 10.9. The van der Waals surface area contributed by atoms with Crippen LogP contribution < -0.4 is 5.73 Å². The van der Waals surface area contributed by atoms with Gasteiger partial charge < -0.3 is 10.2 Å². The van der Waals surface area contributed by atoms with Crippen molar-refractivity contribution in [2.45, 2.75) is 45.6 Å². The lowest BCUT2D eigenvalue weighted by atomic mass is 10.0. The maximum absolute atomic E-state index is 6.07. The van der Waals surface area contributed by atoms with Gasteiger partial charge in [0.15, 0.2) is 0 Å². The molecule has 2 rings (SSSR count). The average molecular weight is 231 g/mol. The van der Waals surface area contributed by atoms with E-state index in [1.807, 2.05) is 6.07 Å². The highest BCUT2D eigenvalue weighted by Crippen LogP contribution is 2.27. The van der Waals surface area contributed by atoms with Crippen molar-refractivity contribution in [3.05, 3.63) is 35.6 Å². The molecule has 1 aromatic carbocycles. The van der Waals surface area contributed by atoms with Crippen molar-refractivity contribution in [1.29, 1.82) is 0 Å². The molecule has 0 aliphatic rings. The van der Waals surface area contributed by atoms with Crippen molar-refractivity contribution in [3.63, 3.8) is 0 Å². The summed E-state index contributed by atoms with van der Waals surface area (Å²) in [4.78, 5) is 0. The van der Waals surface area contributed by atoms with Gasteiger partial charge in [0, 0.05) is 5.39 Å². The predicted molar refractivity (Wildman–Crippen MR) is 72.1 cm³/mol. The van der Waals surface area contributed by atoms with E-state index in [0.717, 1.165) is 29.6 Å². The number of hydrogen-bond acceptors (Lipinski definition) is 2. The van der Waals surface area contributed by atoms with Crippen LogP contribution in [0.15, 0.2) is 28.7 Å². The monoisotopic (exact) mass is 231 g/mol. The Hall–Kier alpha value is -1.28.